The van der Waals surface area contributed by atoms with E-state index < -0.39 is 0 Å². The van der Waals surface area contributed by atoms with Crippen LogP contribution in [-0.4, -0.2) is 36.5 Å². The normalized spacial score (nSPS) is 11.0. The smallest absolute Gasteiger partial charge is 0.237 e. The number of thioether (sulfide) groups is 1. The van der Waals surface area contributed by atoms with Crippen LogP contribution in [0.3, 0.4) is 0 Å². The topological polar surface area (TPSA) is 91.8 Å². The molecule has 4 rings (SSSR count). The molecule has 0 unspecified atom stereocenters. The van der Waals surface area contributed by atoms with E-state index in [-0.39, 0.29) is 0 Å². The Kier molecular flexibility index (Phi) is 6.38. The SMILES string of the molecule is CCCn1c(SCc2nc(-c3ccc(OCC)cc3)no2)nnc1-c1ccncc1. The van der Waals surface area contributed by atoms with Gasteiger partial charge < -0.3 is 13.8 Å². The van der Waals surface area contributed by atoms with Crippen LogP contribution in [0.15, 0.2) is 58.5 Å². The second kappa shape index (κ2) is 9.53. The van der Waals surface area contributed by atoms with Crippen molar-refractivity contribution in [3.05, 3.63) is 54.7 Å². The van der Waals surface area contributed by atoms with E-state index in [1.54, 1.807) is 12.4 Å². The molecule has 0 aliphatic carbocycles. The molecule has 30 heavy (non-hydrogen) atoms. The van der Waals surface area contributed by atoms with Gasteiger partial charge in [0.2, 0.25) is 11.7 Å². The molecule has 9 heteroatoms. The fraction of sp³-hybridized carbons (Fsp3) is 0.286. The molecule has 1 aromatic carbocycles. The lowest BCUT2D eigenvalue weighted by molar-refractivity contribution is 0.340. The third-order valence-electron chi connectivity index (χ3n) is 4.32. The number of ether oxygens (including phenoxy) is 1. The van der Waals surface area contributed by atoms with Crippen molar-refractivity contribution in [3.63, 3.8) is 0 Å². The summed E-state index contributed by atoms with van der Waals surface area (Å²) in [5.41, 5.74) is 1.88. The van der Waals surface area contributed by atoms with Crippen LogP contribution in [-0.2, 0) is 12.3 Å². The van der Waals surface area contributed by atoms with Gasteiger partial charge in [-0.2, -0.15) is 4.98 Å². The summed E-state index contributed by atoms with van der Waals surface area (Å²) in [5.74, 6) is 3.27. The number of rotatable bonds is 9. The van der Waals surface area contributed by atoms with E-state index in [0.717, 1.165) is 40.8 Å². The predicted molar refractivity (Wildman–Crippen MR) is 114 cm³/mol. The molecule has 3 aromatic heterocycles. The first-order chi connectivity index (χ1) is 14.8. The van der Waals surface area contributed by atoms with Crippen LogP contribution in [0, 0.1) is 0 Å². The minimum Gasteiger partial charge on any atom is -0.494 e. The van der Waals surface area contributed by atoms with E-state index in [1.165, 1.54) is 11.8 Å². The van der Waals surface area contributed by atoms with Crippen LogP contribution in [0.25, 0.3) is 22.8 Å². The van der Waals surface area contributed by atoms with Crippen LogP contribution in [0.5, 0.6) is 5.75 Å². The molecule has 0 spiro atoms. The van der Waals surface area contributed by atoms with Crippen LogP contribution >= 0.6 is 11.8 Å². The summed E-state index contributed by atoms with van der Waals surface area (Å²) in [6.45, 7) is 5.55. The Morgan fingerprint density at radius 3 is 2.53 bits per heavy atom. The number of hydrogen-bond donors (Lipinski definition) is 0. The van der Waals surface area contributed by atoms with Gasteiger partial charge >= 0.3 is 0 Å². The lowest BCUT2D eigenvalue weighted by atomic mass is 10.2. The lowest BCUT2D eigenvalue weighted by Crippen LogP contribution is -2.02. The first-order valence-electron chi connectivity index (χ1n) is 9.80. The second-order valence-corrected chi connectivity index (χ2v) is 7.39. The highest BCUT2D eigenvalue weighted by atomic mass is 32.2. The predicted octanol–water partition coefficient (Wildman–Crippen LogP) is 4.49. The summed E-state index contributed by atoms with van der Waals surface area (Å²) in [7, 11) is 0. The van der Waals surface area contributed by atoms with Gasteiger partial charge in [0.25, 0.3) is 0 Å². The van der Waals surface area contributed by atoms with Crippen molar-refractivity contribution in [2.75, 3.05) is 6.61 Å². The molecule has 0 aliphatic heterocycles. The Balaban J connectivity index is 1.47. The first-order valence-corrected chi connectivity index (χ1v) is 10.8. The minimum atomic E-state index is 0.516. The van der Waals surface area contributed by atoms with E-state index >= 15 is 0 Å². The zero-order valence-corrected chi connectivity index (χ0v) is 17.7. The van der Waals surface area contributed by atoms with Crippen LogP contribution in [0.2, 0.25) is 0 Å². The molecule has 0 saturated heterocycles. The van der Waals surface area contributed by atoms with Gasteiger partial charge in [-0.1, -0.05) is 23.8 Å². The van der Waals surface area contributed by atoms with Crippen molar-refractivity contribution >= 4 is 11.8 Å². The van der Waals surface area contributed by atoms with Gasteiger partial charge in [-0.15, -0.1) is 10.2 Å². The Morgan fingerprint density at radius 1 is 1.00 bits per heavy atom. The number of pyridine rings is 1. The summed E-state index contributed by atoms with van der Waals surface area (Å²) in [5, 5.41) is 13.7. The molecule has 0 radical (unpaired) electrons. The summed E-state index contributed by atoms with van der Waals surface area (Å²) in [4.78, 5) is 8.58. The zero-order chi connectivity index (χ0) is 20.8. The van der Waals surface area contributed by atoms with Crippen LogP contribution in [0.4, 0.5) is 0 Å². The number of aromatic nitrogens is 6. The van der Waals surface area contributed by atoms with Crippen molar-refractivity contribution in [2.24, 2.45) is 0 Å². The summed E-state index contributed by atoms with van der Waals surface area (Å²) >= 11 is 1.53. The van der Waals surface area contributed by atoms with E-state index in [0.29, 0.717) is 24.1 Å². The monoisotopic (exact) mass is 422 g/mol. The highest BCUT2D eigenvalue weighted by Gasteiger charge is 2.16. The lowest BCUT2D eigenvalue weighted by Gasteiger charge is -2.07. The average Bonchev–Trinajstić information content (AvgIpc) is 3.41. The Morgan fingerprint density at radius 2 is 1.80 bits per heavy atom. The van der Waals surface area contributed by atoms with E-state index in [9.17, 15) is 0 Å². The highest BCUT2D eigenvalue weighted by molar-refractivity contribution is 7.98. The molecule has 0 bridgehead atoms. The Bertz CT molecular complexity index is 1080. The summed E-state index contributed by atoms with van der Waals surface area (Å²) in [6, 6.07) is 11.5. The third-order valence-corrected chi connectivity index (χ3v) is 5.27. The quantitative estimate of drug-likeness (QED) is 0.364. The molecule has 8 nitrogen and oxygen atoms in total. The van der Waals surface area contributed by atoms with Gasteiger partial charge in [-0.25, -0.2) is 0 Å². The summed E-state index contributed by atoms with van der Waals surface area (Å²) < 4.78 is 13.0. The Hall–Kier alpha value is -3.20. The molecule has 0 aliphatic rings. The maximum Gasteiger partial charge on any atom is 0.237 e. The molecular weight excluding hydrogens is 400 g/mol. The van der Waals surface area contributed by atoms with Gasteiger partial charge in [0.15, 0.2) is 11.0 Å². The molecule has 0 amide bonds. The first kappa shape index (κ1) is 20.1. The average molecular weight is 423 g/mol. The van der Waals surface area contributed by atoms with E-state index in [2.05, 4.69) is 36.8 Å². The van der Waals surface area contributed by atoms with Crippen LogP contribution in [0.1, 0.15) is 26.2 Å². The third kappa shape index (κ3) is 4.51. The Labute approximate surface area is 178 Å². The maximum atomic E-state index is 5.47. The van der Waals surface area contributed by atoms with Gasteiger partial charge in [0.1, 0.15) is 5.75 Å². The highest BCUT2D eigenvalue weighted by Crippen LogP contribution is 2.27. The zero-order valence-electron chi connectivity index (χ0n) is 16.9. The molecule has 0 N–H and O–H groups in total. The van der Waals surface area contributed by atoms with Crippen molar-refractivity contribution in [2.45, 2.75) is 37.7 Å². The van der Waals surface area contributed by atoms with Crippen molar-refractivity contribution in [1.29, 1.82) is 0 Å². The number of nitrogens with zero attached hydrogens (tertiary/aromatic N) is 6. The molecular formula is C21H22N6O2S. The fourth-order valence-corrected chi connectivity index (χ4v) is 3.76. The number of benzene rings is 1. The van der Waals surface area contributed by atoms with Gasteiger partial charge in [-0.3, -0.25) is 4.98 Å². The van der Waals surface area contributed by atoms with Gasteiger partial charge in [-0.05, 0) is 49.7 Å². The largest absolute Gasteiger partial charge is 0.494 e. The van der Waals surface area contributed by atoms with Gasteiger partial charge in [0, 0.05) is 30.1 Å². The second-order valence-electron chi connectivity index (χ2n) is 6.45. The van der Waals surface area contributed by atoms with Crippen LogP contribution < -0.4 is 4.74 Å². The van der Waals surface area contributed by atoms with Crippen molar-refractivity contribution in [1.82, 2.24) is 29.9 Å². The standard InChI is InChI=1S/C21H22N6O2S/c1-3-13-27-20(16-9-11-22-12-10-16)24-25-21(27)30-14-18-23-19(26-29-18)15-5-7-17(8-6-15)28-4-2/h5-12H,3-4,13-14H2,1-2H3. The van der Waals surface area contributed by atoms with Gasteiger partial charge in [0.05, 0.1) is 12.4 Å². The van der Waals surface area contributed by atoms with Crippen molar-refractivity contribution in [3.8, 4) is 28.5 Å². The molecule has 4 aromatic rings. The molecule has 0 fully saturated rings. The van der Waals surface area contributed by atoms with E-state index in [4.69, 9.17) is 9.26 Å². The summed E-state index contributed by atoms with van der Waals surface area (Å²) in [6.07, 6.45) is 4.49. The molecule has 0 atom stereocenters. The molecule has 0 saturated carbocycles. The fourth-order valence-electron chi connectivity index (χ4n) is 2.96. The molecule has 154 valence electrons. The maximum absolute atomic E-state index is 5.47. The van der Waals surface area contributed by atoms with Crippen molar-refractivity contribution < 1.29 is 9.26 Å². The van der Waals surface area contributed by atoms with E-state index in [1.807, 2.05) is 43.3 Å². The molecule has 3 heterocycles. The number of hydrogen-bond acceptors (Lipinski definition) is 8. The minimum absolute atomic E-state index is 0.516.